The summed E-state index contributed by atoms with van der Waals surface area (Å²) in [7, 11) is 0. The summed E-state index contributed by atoms with van der Waals surface area (Å²) in [5, 5.41) is 13.0. The highest BCUT2D eigenvalue weighted by Gasteiger charge is 2.17. The van der Waals surface area contributed by atoms with Crippen molar-refractivity contribution in [2.24, 2.45) is 0 Å². The largest absolute Gasteiger partial charge is 0.324 e. The van der Waals surface area contributed by atoms with Crippen molar-refractivity contribution >= 4 is 63.2 Å². The van der Waals surface area contributed by atoms with E-state index in [0.717, 1.165) is 12.8 Å². The number of thioether (sulfide) groups is 1. The smallest absolute Gasteiger partial charge is 0.262 e. The van der Waals surface area contributed by atoms with Crippen LogP contribution in [0.1, 0.15) is 19.8 Å². The molecular weight excluding hydrogens is 457 g/mol. The van der Waals surface area contributed by atoms with E-state index in [1.165, 1.54) is 11.8 Å². The van der Waals surface area contributed by atoms with Gasteiger partial charge in [-0.2, -0.15) is 0 Å². The van der Waals surface area contributed by atoms with Crippen LogP contribution in [0, 0.1) is 0 Å². The molecule has 0 aliphatic heterocycles. The third kappa shape index (κ3) is 4.28. The molecule has 4 aromatic rings. The minimum atomic E-state index is -0.255. The van der Waals surface area contributed by atoms with Gasteiger partial charge in [-0.1, -0.05) is 66.5 Å². The third-order valence-electron chi connectivity index (χ3n) is 4.77. The summed E-state index contributed by atoms with van der Waals surface area (Å²) in [6.45, 7) is 2.62. The molecule has 2 aromatic carbocycles. The molecule has 0 saturated carbocycles. The Morgan fingerprint density at radius 3 is 2.74 bits per heavy atom. The normalized spacial score (nSPS) is 11.3. The lowest BCUT2D eigenvalue weighted by Crippen LogP contribution is -2.23. The van der Waals surface area contributed by atoms with Gasteiger partial charge >= 0.3 is 0 Å². The number of aromatic nitrogens is 4. The van der Waals surface area contributed by atoms with Crippen molar-refractivity contribution < 1.29 is 4.79 Å². The summed E-state index contributed by atoms with van der Waals surface area (Å²) in [5.41, 5.74) is 1.07. The predicted octanol–water partition coefficient (Wildman–Crippen LogP) is 4.88. The van der Waals surface area contributed by atoms with Crippen LogP contribution in [0.5, 0.6) is 0 Å². The number of aryl methyl sites for hydroxylation is 1. The van der Waals surface area contributed by atoms with Crippen LogP contribution in [0.4, 0.5) is 5.69 Å². The fourth-order valence-electron chi connectivity index (χ4n) is 3.26. The Labute approximate surface area is 192 Å². The first-order valence-corrected chi connectivity index (χ1v) is 11.5. The number of benzene rings is 2. The molecule has 1 N–H and O–H groups in total. The van der Waals surface area contributed by atoms with Crippen LogP contribution in [0.15, 0.2) is 52.4 Å². The van der Waals surface area contributed by atoms with Gasteiger partial charge in [0, 0.05) is 6.54 Å². The van der Waals surface area contributed by atoms with Gasteiger partial charge in [0.15, 0.2) is 5.16 Å². The van der Waals surface area contributed by atoms with Crippen LogP contribution in [-0.2, 0) is 11.3 Å². The maximum atomic E-state index is 13.0. The molecule has 0 spiro atoms. The van der Waals surface area contributed by atoms with E-state index >= 15 is 0 Å². The molecule has 0 aliphatic rings. The number of amides is 1. The molecule has 0 fully saturated rings. The predicted molar refractivity (Wildman–Crippen MR) is 125 cm³/mol. The Morgan fingerprint density at radius 1 is 1.13 bits per heavy atom. The molecule has 2 aromatic heterocycles. The van der Waals surface area contributed by atoms with E-state index in [1.807, 2.05) is 22.6 Å². The van der Waals surface area contributed by atoms with E-state index in [9.17, 15) is 9.59 Å². The highest BCUT2D eigenvalue weighted by atomic mass is 35.5. The topological polar surface area (TPSA) is 81.3 Å². The summed E-state index contributed by atoms with van der Waals surface area (Å²) in [6, 6.07) is 12.4. The standard InChI is InChI=1S/C21H19Cl2N5O2S/c1-2-3-11-27-19(30)13-7-4-5-10-16(13)28-20(27)25-26-21(28)31-12-17(29)24-15-9-6-8-14(22)18(15)23/h4-10H,2-3,11-12H2,1H3,(H,24,29). The summed E-state index contributed by atoms with van der Waals surface area (Å²) in [6.07, 6.45) is 1.81. The summed E-state index contributed by atoms with van der Waals surface area (Å²) >= 11 is 13.4. The van der Waals surface area contributed by atoms with E-state index in [-0.39, 0.29) is 17.2 Å². The van der Waals surface area contributed by atoms with Crippen molar-refractivity contribution in [1.29, 1.82) is 0 Å². The van der Waals surface area contributed by atoms with Crippen molar-refractivity contribution in [1.82, 2.24) is 19.2 Å². The number of anilines is 1. The number of nitrogens with one attached hydrogen (secondary N) is 1. The van der Waals surface area contributed by atoms with Gasteiger partial charge in [0.2, 0.25) is 11.7 Å². The molecule has 31 heavy (non-hydrogen) atoms. The number of nitrogens with zero attached hydrogens (tertiary/aromatic N) is 4. The summed E-state index contributed by atoms with van der Waals surface area (Å²) < 4.78 is 3.48. The molecule has 4 rings (SSSR count). The summed E-state index contributed by atoms with van der Waals surface area (Å²) in [4.78, 5) is 25.5. The van der Waals surface area contributed by atoms with Gasteiger partial charge in [-0.3, -0.25) is 18.6 Å². The molecule has 0 aliphatic carbocycles. The minimum absolute atomic E-state index is 0.0890. The average Bonchev–Trinajstić information content (AvgIpc) is 3.19. The Balaban J connectivity index is 1.65. The van der Waals surface area contributed by atoms with Crippen LogP contribution in [-0.4, -0.2) is 30.8 Å². The molecule has 2 heterocycles. The van der Waals surface area contributed by atoms with Gasteiger partial charge in [0.25, 0.3) is 5.56 Å². The number of carbonyl (C=O) groups is 1. The molecule has 0 radical (unpaired) electrons. The Hall–Kier alpha value is -2.55. The molecule has 0 unspecified atom stereocenters. The maximum Gasteiger partial charge on any atom is 0.262 e. The number of hydrogen-bond donors (Lipinski definition) is 1. The maximum absolute atomic E-state index is 13.0. The average molecular weight is 476 g/mol. The molecule has 7 nitrogen and oxygen atoms in total. The first kappa shape index (κ1) is 21.7. The number of para-hydroxylation sites is 1. The lowest BCUT2D eigenvalue weighted by Gasteiger charge is -2.11. The van der Waals surface area contributed by atoms with Gasteiger partial charge in [0.1, 0.15) is 0 Å². The van der Waals surface area contributed by atoms with Gasteiger partial charge in [-0.25, -0.2) is 0 Å². The first-order chi connectivity index (χ1) is 15.0. The monoisotopic (exact) mass is 475 g/mol. The molecule has 160 valence electrons. The van der Waals surface area contributed by atoms with Crippen LogP contribution in [0.2, 0.25) is 10.0 Å². The number of hydrogen-bond acceptors (Lipinski definition) is 5. The Bertz CT molecular complexity index is 1330. The van der Waals surface area contributed by atoms with E-state index in [1.54, 1.807) is 28.8 Å². The molecule has 0 atom stereocenters. The lowest BCUT2D eigenvalue weighted by atomic mass is 10.2. The molecule has 1 amide bonds. The quantitative estimate of drug-likeness (QED) is 0.385. The fourth-order valence-corrected chi connectivity index (χ4v) is 4.35. The highest BCUT2D eigenvalue weighted by molar-refractivity contribution is 7.99. The van der Waals surface area contributed by atoms with Crippen molar-refractivity contribution in [2.45, 2.75) is 31.5 Å². The molecule has 0 saturated heterocycles. The lowest BCUT2D eigenvalue weighted by molar-refractivity contribution is -0.113. The van der Waals surface area contributed by atoms with Crippen molar-refractivity contribution in [3.05, 3.63) is 62.9 Å². The van der Waals surface area contributed by atoms with Gasteiger partial charge in [0.05, 0.1) is 32.4 Å². The molecular formula is C21H19Cl2N5O2S. The number of halogens is 2. The van der Waals surface area contributed by atoms with Crippen LogP contribution in [0.25, 0.3) is 16.7 Å². The third-order valence-corrected chi connectivity index (χ3v) is 6.52. The second kappa shape index (κ2) is 9.30. The van der Waals surface area contributed by atoms with Crippen molar-refractivity contribution in [3.63, 3.8) is 0 Å². The zero-order valence-corrected chi connectivity index (χ0v) is 19.0. The fraction of sp³-hybridized carbons (Fsp3) is 0.238. The van der Waals surface area contributed by atoms with E-state index in [2.05, 4.69) is 22.4 Å². The molecule has 0 bridgehead atoms. The number of fused-ring (bicyclic) bond motifs is 3. The zero-order valence-electron chi connectivity index (χ0n) is 16.6. The van der Waals surface area contributed by atoms with Gasteiger partial charge < -0.3 is 5.32 Å². The number of unbranched alkanes of at least 4 members (excludes halogenated alkanes) is 1. The van der Waals surface area contributed by atoms with E-state index in [0.29, 0.717) is 44.1 Å². The van der Waals surface area contributed by atoms with Gasteiger partial charge in [-0.15, -0.1) is 10.2 Å². The van der Waals surface area contributed by atoms with Gasteiger partial charge in [-0.05, 0) is 30.7 Å². The van der Waals surface area contributed by atoms with Crippen LogP contribution in [0.3, 0.4) is 0 Å². The van der Waals surface area contributed by atoms with E-state index < -0.39 is 0 Å². The van der Waals surface area contributed by atoms with Crippen molar-refractivity contribution in [2.75, 3.05) is 11.1 Å². The van der Waals surface area contributed by atoms with Crippen molar-refractivity contribution in [3.8, 4) is 0 Å². The molecule has 10 heteroatoms. The first-order valence-electron chi connectivity index (χ1n) is 9.74. The van der Waals surface area contributed by atoms with Crippen LogP contribution < -0.4 is 10.9 Å². The SMILES string of the molecule is CCCCn1c(=O)c2ccccc2n2c(SCC(=O)Nc3cccc(Cl)c3Cl)nnc12. The Kier molecular flexibility index (Phi) is 6.50. The number of carbonyl (C=O) groups excluding carboxylic acids is 1. The second-order valence-corrected chi connectivity index (χ2v) is 8.61. The highest BCUT2D eigenvalue weighted by Crippen LogP contribution is 2.30. The minimum Gasteiger partial charge on any atom is -0.324 e. The second-order valence-electron chi connectivity index (χ2n) is 6.88. The Morgan fingerprint density at radius 2 is 1.94 bits per heavy atom. The number of rotatable bonds is 7. The summed E-state index contributed by atoms with van der Waals surface area (Å²) in [5.74, 6) is 0.305. The van der Waals surface area contributed by atoms with E-state index in [4.69, 9.17) is 23.2 Å². The van der Waals surface area contributed by atoms with Crippen LogP contribution >= 0.6 is 35.0 Å². The zero-order chi connectivity index (χ0) is 22.0.